The number of amides is 1. The van der Waals surface area contributed by atoms with Crippen LogP contribution in [0.2, 0.25) is 0 Å². The minimum atomic E-state index is -1.02. The van der Waals surface area contributed by atoms with Gasteiger partial charge in [0.1, 0.15) is 6.04 Å². The Morgan fingerprint density at radius 3 is 2.96 bits per heavy atom. The molecule has 0 saturated heterocycles. The van der Waals surface area contributed by atoms with E-state index in [0.717, 1.165) is 31.0 Å². The number of hydrogen-bond acceptors (Lipinski definition) is 5. The second-order valence-electron chi connectivity index (χ2n) is 5.68. The molecule has 0 fully saturated rings. The van der Waals surface area contributed by atoms with Crippen LogP contribution in [0.25, 0.3) is 0 Å². The number of aromatic nitrogens is 2. The van der Waals surface area contributed by atoms with E-state index in [9.17, 15) is 14.7 Å². The lowest BCUT2D eigenvalue weighted by molar-refractivity contribution is -0.139. The molecule has 0 saturated carbocycles. The van der Waals surface area contributed by atoms with Crippen molar-refractivity contribution in [1.82, 2.24) is 14.1 Å². The molecule has 6 nitrogen and oxygen atoms in total. The van der Waals surface area contributed by atoms with Gasteiger partial charge < -0.3 is 10.4 Å². The third kappa shape index (κ3) is 3.56. The van der Waals surface area contributed by atoms with Gasteiger partial charge >= 0.3 is 5.97 Å². The molecule has 23 heavy (non-hydrogen) atoms. The van der Waals surface area contributed by atoms with Gasteiger partial charge in [0.25, 0.3) is 5.91 Å². The van der Waals surface area contributed by atoms with Crippen molar-refractivity contribution in [2.45, 2.75) is 37.6 Å². The molecule has 0 spiro atoms. The van der Waals surface area contributed by atoms with Crippen molar-refractivity contribution in [2.24, 2.45) is 0 Å². The van der Waals surface area contributed by atoms with Gasteiger partial charge in [-0.2, -0.15) is 8.75 Å². The average molecular weight is 331 g/mol. The fraction of sp³-hybridized carbons (Fsp3) is 0.375. The van der Waals surface area contributed by atoms with E-state index in [1.165, 1.54) is 17.3 Å². The summed E-state index contributed by atoms with van der Waals surface area (Å²) < 4.78 is 7.60. The lowest BCUT2D eigenvalue weighted by atomic mass is 9.79. The highest BCUT2D eigenvalue weighted by atomic mass is 32.1. The van der Waals surface area contributed by atoms with Crippen LogP contribution < -0.4 is 5.32 Å². The van der Waals surface area contributed by atoms with Crippen LogP contribution in [0, 0.1) is 0 Å². The number of nitrogens with one attached hydrogen (secondary N) is 1. The normalized spacial score (nSPS) is 18.0. The molecule has 1 aromatic carbocycles. The second kappa shape index (κ2) is 6.87. The molecule has 1 aliphatic rings. The monoisotopic (exact) mass is 331 g/mol. The first-order valence-electron chi connectivity index (χ1n) is 7.54. The summed E-state index contributed by atoms with van der Waals surface area (Å²) in [5, 5.41) is 12.0. The minimum Gasteiger partial charge on any atom is -0.480 e. The topological polar surface area (TPSA) is 92.2 Å². The van der Waals surface area contributed by atoms with Gasteiger partial charge in [-0.1, -0.05) is 24.3 Å². The number of carbonyl (C=O) groups excluding carboxylic acids is 1. The Morgan fingerprint density at radius 1 is 1.39 bits per heavy atom. The van der Waals surface area contributed by atoms with Crippen molar-refractivity contribution in [3.05, 3.63) is 47.3 Å². The van der Waals surface area contributed by atoms with Crippen LogP contribution >= 0.6 is 11.7 Å². The maximum absolute atomic E-state index is 12.0. The summed E-state index contributed by atoms with van der Waals surface area (Å²) >= 11 is 0.922. The summed E-state index contributed by atoms with van der Waals surface area (Å²) in [6.45, 7) is 0. The minimum absolute atomic E-state index is 0.148. The summed E-state index contributed by atoms with van der Waals surface area (Å²) in [5.74, 6) is -1.37. The van der Waals surface area contributed by atoms with E-state index in [1.54, 1.807) is 0 Å². The zero-order chi connectivity index (χ0) is 16.2. The SMILES string of the molecule is O=C(NC(CC1CCCc2ccccc21)C(=O)O)c1cnsn1. The zero-order valence-corrected chi connectivity index (χ0v) is 13.3. The summed E-state index contributed by atoms with van der Waals surface area (Å²) in [4.78, 5) is 23.6. The van der Waals surface area contributed by atoms with E-state index in [1.807, 2.05) is 12.1 Å². The smallest absolute Gasteiger partial charge is 0.326 e. The maximum Gasteiger partial charge on any atom is 0.326 e. The number of benzene rings is 1. The molecule has 3 rings (SSSR count). The van der Waals surface area contributed by atoms with E-state index >= 15 is 0 Å². The van der Waals surface area contributed by atoms with Crippen molar-refractivity contribution in [2.75, 3.05) is 0 Å². The molecule has 0 bridgehead atoms. The van der Waals surface area contributed by atoms with Gasteiger partial charge in [-0.25, -0.2) is 4.79 Å². The fourth-order valence-electron chi connectivity index (χ4n) is 3.10. The number of rotatable bonds is 5. The van der Waals surface area contributed by atoms with E-state index in [0.29, 0.717) is 6.42 Å². The fourth-order valence-corrected chi connectivity index (χ4v) is 3.51. The summed E-state index contributed by atoms with van der Waals surface area (Å²) in [7, 11) is 0. The highest BCUT2D eigenvalue weighted by molar-refractivity contribution is 6.99. The predicted molar refractivity (Wildman–Crippen MR) is 85.5 cm³/mol. The van der Waals surface area contributed by atoms with Gasteiger partial charge in [0, 0.05) is 0 Å². The van der Waals surface area contributed by atoms with Gasteiger partial charge in [-0.15, -0.1) is 0 Å². The lowest BCUT2D eigenvalue weighted by Crippen LogP contribution is -2.42. The van der Waals surface area contributed by atoms with E-state index in [4.69, 9.17) is 0 Å². The maximum atomic E-state index is 12.0. The molecule has 0 aliphatic heterocycles. The number of fused-ring (bicyclic) bond motifs is 1. The van der Waals surface area contributed by atoms with Crippen molar-refractivity contribution in [3.63, 3.8) is 0 Å². The van der Waals surface area contributed by atoms with E-state index in [-0.39, 0.29) is 11.6 Å². The molecule has 1 amide bonds. The van der Waals surface area contributed by atoms with Gasteiger partial charge in [-0.05, 0) is 42.7 Å². The van der Waals surface area contributed by atoms with Crippen LogP contribution in [0.3, 0.4) is 0 Å². The molecule has 1 heterocycles. The Bertz CT molecular complexity index is 702. The average Bonchev–Trinajstić information content (AvgIpc) is 3.09. The predicted octanol–water partition coefficient (Wildman–Crippen LogP) is 2.23. The Labute approximate surface area is 137 Å². The van der Waals surface area contributed by atoms with Crippen LogP contribution in [-0.4, -0.2) is 31.8 Å². The van der Waals surface area contributed by atoms with E-state index in [2.05, 4.69) is 26.2 Å². The van der Waals surface area contributed by atoms with Crippen molar-refractivity contribution in [1.29, 1.82) is 0 Å². The number of carbonyl (C=O) groups is 2. The van der Waals surface area contributed by atoms with Crippen LogP contribution in [0.5, 0.6) is 0 Å². The highest BCUT2D eigenvalue weighted by Gasteiger charge is 2.28. The molecule has 2 atom stereocenters. The number of aliphatic carboxylic acids is 1. The number of nitrogens with zero attached hydrogens (tertiary/aromatic N) is 2. The third-order valence-electron chi connectivity index (χ3n) is 4.21. The Hall–Kier alpha value is -2.28. The van der Waals surface area contributed by atoms with Crippen LogP contribution in [0.15, 0.2) is 30.5 Å². The molecule has 2 aromatic rings. The highest BCUT2D eigenvalue weighted by Crippen LogP contribution is 2.34. The van der Waals surface area contributed by atoms with Crippen molar-refractivity contribution < 1.29 is 14.7 Å². The van der Waals surface area contributed by atoms with Gasteiger partial charge in [0.05, 0.1) is 17.9 Å². The Kier molecular flexibility index (Phi) is 4.66. The molecule has 1 aromatic heterocycles. The van der Waals surface area contributed by atoms with Gasteiger partial charge in [0.2, 0.25) is 0 Å². The first kappa shape index (κ1) is 15.6. The number of hydrogen-bond donors (Lipinski definition) is 2. The molecule has 0 radical (unpaired) electrons. The summed E-state index contributed by atoms with van der Waals surface area (Å²) in [5.41, 5.74) is 2.64. The largest absolute Gasteiger partial charge is 0.480 e. The molecule has 2 unspecified atom stereocenters. The molecule has 120 valence electrons. The summed E-state index contributed by atoms with van der Waals surface area (Å²) in [6.07, 6.45) is 4.73. The lowest BCUT2D eigenvalue weighted by Gasteiger charge is -2.27. The van der Waals surface area contributed by atoms with Crippen LogP contribution in [0.4, 0.5) is 0 Å². The standard InChI is InChI=1S/C16H17N3O3S/c20-15(14-9-17-23-19-14)18-13(16(21)22)8-11-6-3-5-10-4-1-2-7-12(10)11/h1-2,4,7,9,11,13H,3,5-6,8H2,(H,18,20)(H,21,22). The van der Waals surface area contributed by atoms with Crippen LogP contribution in [-0.2, 0) is 11.2 Å². The first-order valence-corrected chi connectivity index (χ1v) is 8.27. The number of aryl methyl sites for hydroxylation is 1. The molecular weight excluding hydrogens is 314 g/mol. The third-order valence-corrected chi connectivity index (χ3v) is 4.69. The quantitative estimate of drug-likeness (QED) is 0.876. The van der Waals surface area contributed by atoms with Crippen molar-refractivity contribution in [3.8, 4) is 0 Å². The van der Waals surface area contributed by atoms with Gasteiger partial charge in [0.15, 0.2) is 5.69 Å². The Balaban J connectivity index is 1.73. The number of carboxylic acids is 1. The Morgan fingerprint density at radius 2 is 2.22 bits per heavy atom. The van der Waals surface area contributed by atoms with Crippen LogP contribution in [0.1, 0.15) is 46.8 Å². The second-order valence-corrected chi connectivity index (χ2v) is 6.24. The van der Waals surface area contributed by atoms with Crippen molar-refractivity contribution >= 4 is 23.6 Å². The number of carboxylic acid groups (broad SMARTS) is 1. The molecular formula is C16H17N3O3S. The molecule has 7 heteroatoms. The van der Waals surface area contributed by atoms with E-state index < -0.39 is 17.9 Å². The molecule has 2 N–H and O–H groups in total. The molecule has 1 aliphatic carbocycles. The zero-order valence-electron chi connectivity index (χ0n) is 12.4. The summed E-state index contributed by atoms with van der Waals surface area (Å²) in [6, 6.07) is 7.21. The first-order chi connectivity index (χ1) is 11.1. The van der Waals surface area contributed by atoms with Gasteiger partial charge in [-0.3, -0.25) is 4.79 Å².